The van der Waals surface area contributed by atoms with Crippen molar-refractivity contribution in [2.75, 3.05) is 5.73 Å². The fourth-order valence-corrected chi connectivity index (χ4v) is 2.46. The van der Waals surface area contributed by atoms with E-state index in [1.807, 2.05) is 13.8 Å². The maximum absolute atomic E-state index is 12.0. The average molecular weight is 265 g/mol. The number of aromatic nitrogens is 3. The van der Waals surface area contributed by atoms with Gasteiger partial charge in [-0.1, -0.05) is 0 Å². The normalized spacial score (nSPS) is 10.6. The van der Waals surface area contributed by atoms with E-state index in [1.54, 1.807) is 17.9 Å². The second-order valence-electron chi connectivity index (χ2n) is 4.01. The lowest BCUT2D eigenvalue weighted by molar-refractivity contribution is 0.0954. The number of hydrogen-bond donors (Lipinski definition) is 2. The van der Waals surface area contributed by atoms with Gasteiger partial charge in [0.25, 0.3) is 5.91 Å². The van der Waals surface area contributed by atoms with Gasteiger partial charge in [-0.3, -0.25) is 9.48 Å². The van der Waals surface area contributed by atoms with E-state index in [2.05, 4.69) is 15.4 Å². The number of nitrogens with one attached hydrogen (secondary N) is 1. The van der Waals surface area contributed by atoms with Gasteiger partial charge in [-0.15, -0.1) is 11.3 Å². The van der Waals surface area contributed by atoms with Crippen molar-refractivity contribution in [3.63, 3.8) is 0 Å². The number of anilines is 1. The van der Waals surface area contributed by atoms with Crippen LogP contribution in [-0.4, -0.2) is 20.7 Å². The number of carbonyl (C=O) groups is 1. The first-order valence-electron chi connectivity index (χ1n) is 5.47. The number of nitrogens with zero attached hydrogens (tertiary/aromatic N) is 3. The molecule has 96 valence electrons. The second kappa shape index (κ2) is 4.77. The van der Waals surface area contributed by atoms with E-state index in [1.165, 1.54) is 11.3 Å². The fourth-order valence-electron chi connectivity index (χ4n) is 1.63. The van der Waals surface area contributed by atoms with Crippen LogP contribution in [0.25, 0.3) is 0 Å². The molecule has 2 rings (SSSR count). The van der Waals surface area contributed by atoms with Gasteiger partial charge in [-0.25, -0.2) is 4.98 Å². The number of thiazole rings is 1. The molecule has 6 nitrogen and oxygen atoms in total. The predicted molar refractivity (Wildman–Crippen MR) is 70.4 cm³/mol. The van der Waals surface area contributed by atoms with Gasteiger partial charge >= 0.3 is 0 Å². The molecule has 0 aliphatic rings. The molecule has 3 N–H and O–H groups in total. The predicted octanol–water partition coefficient (Wildman–Crippen LogP) is 1.01. The third kappa shape index (κ3) is 2.35. The molecule has 2 heterocycles. The molecule has 0 fully saturated rings. The number of nitrogens with two attached hydrogens (primary N) is 1. The summed E-state index contributed by atoms with van der Waals surface area (Å²) in [4.78, 5) is 16.8. The highest BCUT2D eigenvalue weighted by atomic mass is 32.1. The highest BCUT2D eigenvalue weighted by molar-refractivity contribution is 7.13. The Balaban J connectivity index is 2.05. The molecule has 0 aliphatic heterocycles. The van der Waals surface area contributed by atoms with Gasteiger partial charge < -0.3 is 11.1 Å². The molecule has 0 spiro atoms. The maximum Gasteiger partial charge on any atom is 0.263 e. The molecule has 0 aliphatic carbocycles. The third-order valence-corrected chi connectivity index (χ3v) is 3.69. The first kappa shape index (κ1) is 12.6. The van der Waals surface area contributed by atoms with Crippen molar-refractivity contribution < 1.29 is 4.79 Å². The summed E-state index contributed by atoms with van der Waals surface area (Å²) in [6, 6.07) is 0. The van der Waals surface area contributed by atoms with Gasteiger partial charge in [0, 0.05) is 19.2 Å². The van der Waals surface area contributed by atoms with E-state index in [-0.39, 0.29) is 5.91 Å². The molecule has 2 aromatic heterocycles. The van der Waals surface area contributed by atoms with E-state index in [9.17, 15) is 4.79 Å². The van der Waals surface area contributed by atoms with Crippen LogP contribution < -0.4 is 11.1 Å². The Bertz CT molecular complexity index is 586. The molecule has 0 saturated heterocycles. The first-order chi connectivity index (χ1) is 8.49. The molecule has 0 atom stereocenters. The van der Waals surface area contributed by atoms with Gasteiger partial charge in [0.05, 0.1) is 16.9 Å². The quantitative estimate of drug-likeness (QED) is 0.867. The van der Waals surface area contributed by atoms with Crippen LogP contribution >= 0.6 is 11.3 Å². The van der Waals surface area contributed by atoms with Gasteiger partial charge in [-0.05, 0) is 13.8 Å². The van der Waals surface area contributed by atoms with Crippen LogP contribution in [0.2, 0.25) is 0 Å². The summed E-state index contributed by atoms with van der Waals surface area (Å²) in [5.41, 5.74) is 7.37. The van der Waals surface area contributed by atoms with Gasteiger partial charge in [-0.2, -0.15) is 5.10 Å². The molecule has 2 aromatic rings. The largest absolute Gasteiger partial charge is 0.384 e. The molecule has 0 aromatic carbocycles. The molecule has 0 radical (unpaired) electrons. The second-order valence-corrected chi connectivity index (χ2v) is 5.21. The fraction of sp³-hybridized carbons (Fsp3) is 0.364. The SMILES string of the molecule is Cc1nc(C)c(C(=O)NCc2cnn(C)c2N)s1. The summed E-state index contributed by atoms with van der Waals surface area (Å²) in [6.45, 7) is 4.08. The Morgan fingerprint density at radius 3 is 2.78 bits per heavy atom. The summed E-state index contributed by atoms with van der Waals surface area (Å²) in [5, 5.41) is 7.73. The maximum atomic E-state index is 12.0. The summed E-state index contributed by atoms with van der Waals surface area (Å²) in [5.74, 6) is 0.439. The van der Waals surface area contributed by atoms with Crippen LogP contribution in [0.3, 0.4) is 0 Å². The Kier molecular flexibility index (Phi) is 3.33. The van der Waals surface area contributed by atoms with Crippen molar-refractivity contribution in [3.05, 3.63) is 27.3 Å². The number of aryl methyl sites for hydroxylation is 3. The van der Waals surface area contributed by atoms with Crippen molar-refractivity contribution in [2.45, 2.75) is 20.4 Å². The minimum atomic E-state index is -0.124. The molecule has 7 heteroatoms. The summed E-state index contributed by atoms with van der Waals surface area (Å²) >= 11 is 1.39. The zero-order chi connectivity index (χ0) is 13.3. The van der Waals surface area contributed by atoms with Crippen LogP contribution in [0.5, 0.6) is 0 Å². The topological polar surface area (TPSA) is 85.8 Å². The van der Waals surface area contributed by atoms with E-state index < -0.39 is 0 Å². The standard InChI is InChI=1S/C11H15N5OS/c1-6-9(18-7(2)15-6)11(17)13-4-8-5-14-16(3)10(8)12/h5H,4,12H2,1-3H3,(H,13,17). The molecule has 0 unspecified atom stereocenters. The minimum absolute atomic E-state index is 0.124. The zero-order valence-corrected chi connectivity index (χ0v) is 11.3. The highest BCUT2D eigenvalue weighted by Crippen LogP contribution is 2.17. The summed E-state index contributed by atoms with van der Waals surface area (Å²) < 4.78 is 1.57. The number of rotatable bonds is 3. The average Bonchev–Trinajstić information content (AvgIpc) is 2.81. The van der Waals surface area contributed by atoms with Gasteiger partial charge in [0.1, 0.15) is 10.7 Å². The van der Waals surface area contributed by atoms with Crippen molar-refractivity contribution in [2.24, 2.45) is 7.05 Å². The number of carbonyl (C=O) groups excluding carboxylic acids is 1. The Morgan fingerprint density at radius 2 is 2.28 bits per heavy atom. The van der Waals surface area contributed by atoms with Crippen LogP contribution in [0.4, 0.5) is 5.82 Å². The molecule has 18 heavy (non-hydrogen) atoms. The first-order valence-corrected chi connectivity index (χ1v) is 6.29. The molecule has 1 amide bonds. The molecular formula is C11H15N5OS. The lowest BCUT2D eigenvalue weighted by Gasteiger charge is -2.03. The highest BCUT2D eigenvalue weighted by Gasteiger charge is 2.14. The third-order valence-electron chi connectivity index (χ3n) is 2.61. The van der Waals surface area contributed by atoms with Crippen molar-refractivity contribution in [1.29, 1.82) is 0 Å². The van der Waals surface area contributed by atoms with Crippen LogP contribution in [0.15, 0.2) is 6.20 Å². The van der Waals surface area contributed by atoms with E-state index >= 15 is 0 Å². The van der Waals surface area contributed by atoms with Gasteiger partial charge in [0.15, 0.2) is 0 Å². The summed E-state index contributed by atoms with van der Waals surface area (Å²) in [6.07, 6.45) is 1.65. The van der Waals surface area contributed by atoms with E-state index in [4.69, 9.17) is 5.73 Å². The number of amides is 1. The lowest BCUT2D eigenvalue weighted by Crippen LogP contribution is -2.23. The Labute approximate surface area is 109 Å². The number of nitrogen functional groups attached to an aromatic ring is 1. The Hall–Kier alpha value is -1.89. The number of hydrogen-bond acceptors (Lipinski definition) is 5. The van der Waals surface area contributed by atoms with Crippen LogP contribution in [-0.2, 0) is 13.6 Å². The van der Waals surface area contributed by atoms with E-state index in [0.717, 1.165) is 16.3 Å². The lowest BCUT2D eigenvalue weighted by atomic mass is 10.3. The van der Waals surface area contributed by atoms with Crippen LogP contribution in [0.1, 0.15) is 25.9 Å². The Morgan fingerprint density at radius 1 is 1.56 bits per heavy atom. The van der Waals surface area contributed by atoms with Crippen molar-refractivity contribution in [3.8, 4) is 0 Å². The zero-order valence-electron chi connectivity index (χ0n) is 10.5. The molecular weight excluding hydrogens is 250 g/mol. The molecule has 0 bridgehead atoms. The minimum Gasteiger partial charge on any atom is -0.384 e. The van der Waals surface area contributed by atoms with Crippen molar-refractivity contribution >= 4 is 23.1 Å². The van der Waals surface area contributed by atoms with Crippen LogP contribution in [0, 0.1) is 13.8 Å². The van der Waals surface area contributed by atoms with E-state index in [0.29, 0.717) is 17.2 Å². The van der Waals surface area contributed by atoms with Crippen molar-refractivity contribution in [1.82, 2.24) is 20.1 Å². The monoisotopic (exact) mass is 265 g/mol. The van der Waals surface area contributed by atoms with Gasteiger partial charge in [0.2, 0.25) is 0 Å². The summed E-state index contributed by atoms with van der Waals surface area (Å²) in [7, 11) is 1.76. The molecule has 0 saturated carbocycles. The smallest absolute Gasteiger partial charge is 0.263 e.